The molecule has 1 rings (SSSR count). The Morgan fingerprint density at radius 2 is 2.60 bits per heavy atom. The van der Waals surface area contributed by atoms with Crippen LogP contribution in [0.5, 0.6) is 0 Å². The van der Waals surface area contributed by atoms with Crippen LogP contribution < -0.4 is 11.1 Å². The fourth-order valence-electron chi connectivity index (χ4n) is 0.920. The molecule has 0 radical (unpaired) electrons. The number of rotatable bonds is 4. The first-order chi connectivity index (χ1) is 7.17. The molecule has 0 spiro atoms. The van der Waals surface area contributed by atoms with Crippen LogP contribution in [-0.4, -0.2) is 35.0 Å². The summed E-state index contributed by atoms with van der Waals surface area (Å²) in [6.07, 6.45) is 0.688. The normalized spacial score (nSPS) is 28.2. The Morgan fingerprint density at radius 1 is 1.87 bits per heavy atom. The van der Waals surface area contributed by atoms with E-state index >= 15 is 0 Å². The highest BCUT2D eigenvalue weighted by molar-refractivity contribution is 8.00. The maximum Gasteiger partial charge on any atom is 0.181 e. The smallest absolute Gasteiger partial charge is 0.181 e. The van der Waals surface area contributed by atoms with E-state index in [1.54, 1.807) is 0 Å². The molecule has 4 N–H and O–H groups in total. The molecule has 0 aromatic heterocycles. The number of nitrogens with two attached hydrogens (primary N) is 1. The van der Waals surface area contributed by atoms with Gasteiger partial charge >= 0.3 is 0 Å². The van der Waals surface area contributed by atoms with Crippen molar-refractivity contribution in [1.82, 2.24) is 5.32 Å². The number of ether oxygens (including phenoxy) is 1. The highest BCUT2D eigenvalue weighted by Crippen LogP contribution is 2.23. The number of hydrogen-bond donors (Lipinski definition) is 3. The molecule has 1 unspecified atom stereocenters. The minimum absolute atomic E-state index is 0.0691. The molecule has 0 bridgehead atoms. The van der Waals surface area contributed by atoms with Crippen molar-refractivity contribution in [2.75, 3.05) is 12.4 Å². The lowest BCUT2D eigenvalue weighted by atomic mass is 10.5. The van der Waals surface area contributed by atoms with Crippen molar-refractivity contribution in [3.05, 3.63) is 12.0 Å². The molecule has 86 valence electrons. The van der Waals surface area contributed by atoms with Crippen molar-refractivity contribution in [2.45, 2.75) is 11.7 Å². The van der Waals surface area contributed by atoms with Gasteiger partial charge < -0.3 is 20.9 Å². The van der Waals surface area contributed by atoms with E-state index in [-0.39, 0.29) is 18.3 Å². The molecule has 0 aromatic carbocycles. The van der Waals surface area contributed by atoms with Gasteiger partial charge in [0.15, 0.2) is 11.7 Å². The summed E-state index contributed by atoms with van der Waals surface area (Å²) in [7, 11) is 0. The Kier molecular flexibility index (Phi) is 5.16. The van der Waals surface area contributed by atoms with Crippen molar-refractivity contribution in [2.24, 2.45) is 10.2 Å². The van der Waals surface area contributed by atoms with Crippen LogP contribution in [0.4, 0.5) is 4.39 Å². The van der Waals surface area contributed by atoms with Gasteiger partial charge in [-0.05, 0) is 0 Å². The zero-order valence-electron chi connectivity index (χ0n) is 7.69. The van der Waals surface area contributed by atoms with Crippen molar-refractivity contribution < 1.29 is 14.2 Å². The number of nitrogens with one attached hydrogen (secondary N) is 1. The average Bonchev–Trinajstić information content (AvgIpc) is 2.72. The quantitative estimate of drug-likeness (QED) is 0.498. The van der Waals surface area contributed by atoms with Gasteiger partial charge in [0.1, 0.15) is 11.7 Å². The fourth-order valence-corrected chi connectivity index (χ4v) is 1.88. The van der Waals surface area contributed by atoms with Gasteiger partial charge in [-0.2, -0.15) is 4.51 Å². The lowest BCUT2D eigenvalue weighted by molar-refractivity contribution is 0.0247. The van der Waals surface area contributed by atoms with Crippen molar-refractivity contribution >= 4 is 29.4 Å². The van der Waals surface area contributed by atoms with Crippen LogP contribution in [0.25, 0.3) is 0 Å². The van der Waals surface area contributed by atoms with Crippen LogP contribution in [0, 0.1) is 0 Å². The van der Waals surface area contributed by atoms with E-state index in [1.807, 2.05) is 0 Å². The van der Waals surface area contributed by atoms with E-state index in [9.17, 15) is 4.39 Å². The van der Waals surface area contributed by atoms with Gasteiger partial charge in [0.25, 0.3) is 0 Å². The van der Waals surface area contributed by atoms with Crippen LogP contribution in [0.2, 0.25) is 0 Å². The monoisotopic (exact) mass is 255 g/mol. The molecule has 1 fully saturated rings. The van der Waals surface area contributed by atoms with Crippen LogP contribution in [0.3, 0.4) is 0 Å². The van der Waals surface area contributed by atoms with E-state index in [0.717, 1.165) is 6.20 Å². The molecule has 8 heteroatoms. The maximum absolute atomic E-state index is 13.0. The summed E-state index contributed by atoms with van der Waals surface area (Å²) in [5.41, 5.74) is 4.84. The minimum Gasteiger partial charge on any atom is -0.393 e. The highest BCUT2D eigenvalue weighted by atomic mass is 35.5. The molecule has 1 aliphatic rings. The summed E-state index contributed by atoms with van der Waals surface area (Å²) in [5.74, 6) is -0.535. The summed E-state index contributed by atoms with van der Waals surface area (Å²) >= 11 is 6.42. The number of amidine groups is 1. The minimum atomic E-state index is -0.758. The molecule has 15 heavy (non-hydrogen) atoms. The molecule has 1 saturated heterocycles. The summed E-state index contributed by atoms with van der Waals surface area (Å²) in [4.78, 5) is 0. The lowest BCUT2D eigenvalue weighted by Crippen LogP contribution is -2.28. The van der Waals surface area contributed by atoms with Crippen LogP contribution >= 0.6 is 23.5 Å². The largest absolute Gasteiger partial charge is 0.393 e. The Bertz CT molecular complexity index is 277. The molecule has 0 amide bonds. The Labute approximate surface area is 95.6 Å². The number of aliphatic hydroxyl groups excluding tert-OH is 1. The van der Waals surface area contributed by atoms with E-state index in [1.165, 1.54) is 11.8 Å². The van der Waals surface area contributed by atoms with Gasteiger partial charge in [0.05, 0.1) is 6.61 Å². The highest BCUT2D eigenvalue weighted by Gasteiger charge is 2.24. The first kappa shape index (κ1) is 12.6. The molecule has 0 aliphatic carbocycles. The number of aliphatic hydroxyl groups is 1. The summed E-state index contributed by atoms with van der Waals surface area (Å²) < 4.78 is 21.2. The predicted octanol–water partition coefficient (Wildman–Crippen LogP) is 0.306. The first-order valence-corrected chi connectivity index (χ1v) is 5.50. The predicted molar refractivity (Wildman–Crippen MR) is 58.0 cm³/mol. The van der Waals surface area contributed by atoms with Crippen LogP contribution in [0.1, 0.15) is 0 Å². The van der Waals surface area contributed by atoms with E-state index in [4.69, 9.17) is 27.4 Å². The number of thioether (sulfide) groups is 1. The van der Waals surface area contributed by atoms with Gasteiger partial charge in [-0.1, -0.05) is 0 Å². The van der Waals surface area contributed by atoms with E-state index in [0.29, 0.717) is 5.75 Å². The average molecular weight is 256 g/mol. The molecule has 1 heterocycles. The summed E-state index contributed by atoms with van der Waals surface area (Å²) in [6.45, 7) is -0.0691. The third kappa shape index (κ3) is 3.86. The van der Waals surface area contributed by atoms with Gasteiger partial charge in [-0.3, -0.25) is 0 Å². The van der Waals surface area contributed by atoms with Crippen molar-refractivity contribution in [3.63, 3.8) is 0 Å². The number of nitrogens with zero attached hydrogens (tertiary/aromatic N) is 1. The van der Waals surface area contributed by atoms with Gasteiger partial charge in [-0.15, -0.1) is 11.8 Å². The van der Waals surface area contributed by atoms with Crippen LogP contribution in [0.15, 0.2) is 16.5 Å². The van der Waals surface area contributed by atoms with E-state index in [2.05, 4.69) is 9.83 Å². The first-order valence-electron chi connectivity index (χ1n) is 4.11. The van der Waals surface area contributed by atoms with E-state index < -0.39 is 11.7 Å². The SMILES string of the molecule is NC(=NCl)/C(F)=C\NC1CS[C@H](CO)O1. The topological polar surface area (TPSA) is 79.9 Å². The van der Waals surface area contributed by atoms with Crippen LogP contribution in [-0.2, 0) is 4.74 Å². The Morgan fingerprint density at radius 3 is 3.13 bits per heavy atom. The molecule has 0 saturated carbocycles. The van der Waals surface area contributed by atoms with Crippen molar-refractivity contribution in [3.8, 4) is 0 Å². The zero-order chi connectivity index (χ0) is 11.3. The second-order valence-electron chi connectivity index (χ2n) is 2.70. The third-order valence-corrected chi connectivity index (χ3v) is 2.94. The number of hydrogen-bond acceptors (Lipinski definition) is 5. The third-order valence-electron chi connectivity index (χ3n) is 1.63. The van der Waals surface area contributed by atoms with Gasteiger partial charge in [0, 0.05) is 23.7 Å². The summed E-state index contributed by atoms with van der Waals surface area (Å²) in [5, 5.41) is 11.4. The van der Waals surface area contributed by atoms with Gasteiger partial charge in [0.2, 0.25) is 0 Å². The molecule has 2 atom stereocenters. The molecule has 0 aromatic rings. The zero-order valence-corrected chi connectivity index (χ0v) is 9.26. The fraction of sp³-hybridized carbons (Fsp3) is 0.571. The molecule has 5 nitrogen and oxygen atoms in total. The van der Waals surface area contributed by atoms with Crippen molar-refractivity contribution in [1.29, 1.82) is 0 Å². The lowest BCUT2D eigenvalue weighted by Gasteiger charge is -2.10. The Hall–Kier alpha value is -0.500. The molecule has 1 aliphatic heterocycles. The summed E-state index contributed by atoms with van der Waals surface area (Å²) in [6, 6.07) is 0. The van der Waals surface area contributed by atoms with Gasteiger partial charge in [-0.25, -0.2) is 4.39 Å². The molecular formula is C7H11ClFN3O2S. The second kappa shape index (κ2) is 6.16. The standard InChI is InChI=1S/C7H11ClFN3O2S/c8-12-7(10)4(9)1-11-5-3-15-6(2-13)14-5/h1,5-6,11,13H,2-3H2,(H2,10,12)/b4-1+/t5?,6-/m1/s1. The maximum atomic E-state index is 13.0. The second-order valence-corrected chi connectivity index (χ2v) is 4.06. The number of halogens is 2. The molecular weight excluding hydrogens is 245 g/mol. The Balaban J connectivity index is 2.38.